The van der Waals surface area contributed by atoms with Gasteiger partial charge in [-0.25, -0.2) is 8.78 Å². The average molecular weight is 266 g/mol. The summed E-state index contributed by atoms with van der Waals surface area (Å²) >= 11 is 0. The monoisotopic (exact) mass is 266 g/mol. The number of ether oxygens (including phenoxy) is 2. The molecule has 1 rings (SSSR count). The topological polar surface area (TPSA) is 50.8 Å². The van der Waals surface area contributed by atoms with Gasteiger partial charge in [0.05, 0.1) is 26.4 Å². The van der Waals surface area contributed by atoms with Gasteiger partial charge >= 0.3 is 0 Å². The van der Waals surface area contributed by atoms with Crippen molar-refractivity contribution in [2.75, 3.05) is 46.6 Å². The largest absolute Gasteiger partial charge is 0.383 e. The lowest BCUT2D eigenvalue weighted by molar-refractivity contribution is -0.135. The zero-order valence-corrected chi connectivity index (χ0v) is 10.5. The molecule has 1 fully saturated rings. The van der Waals surface area contributed by atoms with Crippen LogP contribution in [0.15, 0.2) is 0 Å². The number of carbonyl (C=O) groups excluding carboxylic acids is 1. The lowest BCUT2D eigenvalue weighted by atomic mass is 10.2. The van der Waals surface area contributed by atoms with Crippen LogP contribution in [0.5, 0.6) is 0 Å². The number of rotatable bonds is 7. The minimum atomic E-state index is -2.53. The fourth-order valence-electron chi connectivity index (χ4n) is 1.78. The van der Waals surface area contributed by atoms with Crippen LogP contribution in [0.4, 0.5) is 8.78 Å². The van der Waals surface area contributed by atoms with Crippen molar-refractivity contribution in [1.29, 1.82) is 0 Å². The molecule has 1 unspecified atom stereocenters. The minimum Gasteiger partial charge on any atom is -0.383 e. The molecule has 1 heterocycles. The Balaban J connectivity index is 2.40. The summed E-state index contributed by atoms with van der Waals surface area (Å²) in [5.41, 5.74) is 0. The van der Waals surface area contributed by atoms with Crippen molar-refractivity contribution in [2.45, 2.75) is 18.9 Å². The summed E-state index contributed by atoms with van der Waals surface area (Å²) in [6.45, 7) is 1.65. The molecule has 0 saturated carbocycles. The van der Waals surface area contributed by atoms with Crippen LogP contribution in [0, 0.1) is 0 Å². The van der Waals surface area contributed by atoms with Crippen LogP contribution < -0.4 is 5.32 Å². The Labute approximate surface area is 105 Å². The molecular formula is C11H20F2N2O3. The van der Waals surface area contributed by atoms with Gasteiger partial charge in [0.2, 0.25) is 5.91 Å². The third kappa shape index (κ3) is 5.70. The zero-order chi connectivity index (χ0) is 13.4. The van der Waals surface area contributed by atoms with Gasteiger partial charge in [-0.3, -0.25) is 4.79 Å². The molecule has 106 valence electrons. The van der Waals surface area contributed by atoms with Gasteiger partial charge in [0, 0.05) is 32.7 Å². The molecule has 1 amide bonds. The first-order valence-corrected chi connectivity index (χ1v) is 5.99. The lowest BCUT2D eigenvalue weighted by Gasteiger charge is -2.27. The minimum absolute atomic E-state index is 0.0889. The smallest absolute Gasteiger partial charge is 0.255 e. The number of amides is 1. The lowest BCUT2D eigenvalue weighted by Crippen LogP contribution is -2.46. The number of methoxy groups -OCH3 is 1. The van der Waals surface area contributed by atoms with E-state index in [0.29, 0.717) is 19.8 Å². The molecule has 0 spiro atoms. The van der Waals surface area contributed by atoms with Crippen molar-refractivity contribution in [3.8, 4) is 0 Å². The fourth-order valence-corrected chi connectivity index (χ4v) is 1.78. The van der Waals surface area contributed by atoms with E-state index >= 15 is 0 Å². The highest BCUT2D eigenvalue weighted by atomic mass is 19.3. The van der Waals surface area contributed by atoms with Gasteiger partial charge in [0.25, 0.3) is 6.43 Å². The summed E-state index contributed by atoms with van der Waals surface area (Å²) in [6.07, 6.45) is -2.35. The van der Waals surface area contributed by atoms with Crippen molar-refractivity contribution < 1.29 is 23.0 Å². The van der Waals surface area contributed by atoms with Gasteiger partial charge in [-0.2, -0.15) is 0 Å². The summed E-state index contributed by atoms with van der Waals surface area (Å²) < 4.78 is 34.8. The second-order valence-corrected chi connectivity index (χ2v) is 4.15. The third-order valence-electron chi connectivity index (χ3n) is 2.70. The number of alkyl halides is 2. The zero-order valence-electron chi connectivity index (χ0n) is 10.5. The van der Waals surface area contributed by atoms with E-state index < -0.39 is 13.0 Å². The first-order valence-electron chi connectivity index (χ1n) is 5.99. The van der Waals surface area contributed by atoms with Crippen molar-refractivity contribution >= 4 is 5.91 Å². The second-order valence-electron chi connectivity index (χ2n) is 4.15. The predicted octanol–water partition coefficient (Wildman–Crippen LogP) is 0.105. The van der Waals surface area contributed by atoms with E-state index in [-0.39, 0.29) is 31.5 Å². The van der Waals surface area contributed by atoms with E-state index in [1.54, 1.807) is 0 Å². The van der Waals surface area contributed by atoms with Gasteiger partial charge in [0.15, 0.2) is 0 Å². The molecule has 0 aromatic rings. The highest BCUT2D eigenvalue weighted by Gasteiger charge is 2.22. The fraction of sp³-hybridized carbons (Fsp3) is 0.909. The Bertz CT molecular complexity index is 248. The normalized spacial score (nSPS) is 20.1. The molecule has 1 atom stereocenters. The summed E-state index contributed by atoms with van der Waals surface area (Å²) in [5.74, 6) is -0.296. The molecule has 0 aromatic heterocycles. The van der Waals surface area contributed by atoms with Crippen molar-refractivity contribution in [1.82, 2.24) is 10.2 Å². The Kier molecular flexibility index (Phi) is 7.07. The molecule has 1 aliphatic rings. The summed E-state index contributed by atoms with van der Waals surface area (Å²) in [5, 5.41) is 3.12. The Morgan fingerprint density at radius 2 is 2.39 bits per heavy atom. The van der Waals surface area contributed by atoms with E-state index in [9.17, 15) is 13.6 Å². The maximum atomic E-state index is 12.4. The maximum Gasteiger partial charge on any atom is 0.255 e. The van der Waals surface area contributed by atoms with Crippen molar-refractivity contribution in [3.05, 3.63) is 0 Å². The number of carbonyl (C=O) groups is 1. The van der Waals surface area contributed by atoms with Gasteiger partial charge < -0.3 is 19.7 Å². The number of nitrogens with zero attached hydrogens (tertiary/aromatic N) is 1. The first kappa shape index (κ1) is 15.3. The quantitative estimate of drug-likeness (QED) is 0.710. The number of hydrogen-bond acceptors (Lipinski definition) is 4. The highest BCUT2D eigenvalue weighted by Crippen LogP contribution is 2.05. The molecule has 18 heavy (non-hydrogen) atoms. The summed E-state index contributed by atoms with van der Waals surface area (Å²) in [7, 11) is 1.47. The van der Waals surface area contributed by atoms with Crippen molar-refractivity contribution in [3.63, 3.8) is 0 Å². The third-order valence-corrected chi connectivity index (χ3v) is 2.70. The average Bonchev–Trinajstić information content (AvgIpc) is 2.35. The van der Waals surface area contributed by atoms with E-state index in [4.69, 9.17) is 9.47 Å². The van der Waals surface area contributed by atoms with E-state index in [1.165, 1.54) is 7.11 Å². The SMILES string of the molecule is COCCN(CC(F)F)C(=O)CC1COCCN1. The van der Waals surface area contributed by atoms with Crippen molar-refractivity contribution in [2.24, 2.45) is 0 Å². The number of halogens is 2. The second kappa shape index (κ2) is 8.34. The molecule has 1 saturated heterocycles. The predicted molar refractivity (Wildman–Crippen MR) is 61.7 cm³/mol. The van der Waals surface area contributed by atoms with Crippen LogP contribution in [0.25, 0.3) is 0 Å². The Morgan fingerprint density at radius 1 is 1.61 bits per heavy atom. The van der Waals surface area contributed by atoms with Gasteiger partial charge in [0.1, 0.15) is 0 Å². The van der Waals surface area contributed by atoms with Crippen LogP contribution in [-0.4, -0.2) is 69.8 Å². The summed E-state index contributed by atoms with van der Waals surface area (Å²) in [6, 6.07) is -0.0889. The molecule has 0 bridgehead atoms. The van der Waals surface area contributed by atoms with Gasteiger partial charge in [-0.15, -0.1) is 0 Å². The molecule has 1 aliphatic heterocycles. The van der Waals surface area contributed by atoms with Crippen LogP contribution in [0.3, 0.4) is 0 Å². The number of hydrogen-bond donors (Lipinski definition) is 1. The van der Waals surface area contributed by atoms with Crippen LogP contribution in [0.1, 0.15) is 6.42 Å². The number of nitrogens with one attached hydrogen (secondary N) is 1. The standard InChI is InChI=1S/C11H20F2N2O3/c1-17-5-3-15(7-10(12)13)11(16)6-9-8-18-4-2-14-9/h9-10,14H,2-8H2,1H3. The molecule has 0 aliphatic carbocycles. The molecule has 0 radical (unpaired) electrons. The van der Waals surface area contributed by atoms with Gasteiger partial charge in [-0.1, -0.05) is 0 Å². The highest BCUT2D eigenvalue weighted by molar-refractivity contribution is 5.76. The Morgan fingerprint density at radius 3 is 2.94 bits per heavy atom. The molecular weight excluding hydrogens is 246 g/mol. The van der Waals surface area contributed by atoms with E-state index in [2.05, 4.69) is 5.32 Å². The van der Waals surface area contributed by atoms with Crippen LogP contribution >= 0.6 is 0 Å². The number of morpholine rings is 1. The molecule has 1 N–H and O–H groups in total. The van der Waals surface area contributed by atoms with E-state index in [1.807, 2.05) is 0 Å². The van der Waals surface area contributed by atoms with Crippen LogP contribution in [-0.2, 0) is 14.3 Å². The molecule has 7 heteroatoms. The van der Waals surface area contributed by atoms with Gasteiger partial charge in [-0.05, 0) is 0 Å². The van der Waals surface area contributed by atoms with Crippen LogP contribution in [0.2, 0.25) is 0 Å². The van der Waals surface area contributed by atoms with E-state index in [0.717, 1.165) is 4.90 Å². The molecule has 5 nitrogen and oxygen atoms in total. The Hall–Kier alpha value is -0.790. The molecule has 0 aromatic carbocycles. The first-order chi connectivity index (χ1) is 8.63. The summed E-state index contributed by atoms with van der Waals surface area (Å²) in [4.78, 5) is 13.0. The maximum absolute atomic E-state index is 12.4.